The first-order valence-corrected chi connectivity index (χ1v) is 16.7. The molecule has 3 atom stereocenters. The van der Waals surface area contributed by atoms with Gasteiger partial charge in [0, 0.05) is 16.5 Å². The molecular weight excluding hydrogens is 486 g/mol. The monoisotopic (exact) mass is 522 g/mol. The molecule has 0 fully saturated rings. The Hall–Kier alpha value is -2.53. The molecular formula is C33H36N2P2. The summed E-state index contributed by atoms with van der Waals surface area (Å²) in [5, 5.41) is 9.67. The van der Waals surface area contributed by atoms with E-state index in [-0.39, 0.29) is 7.92 Å². The van der Waals surface area contributed by atoms with Crippen molar-refractivity contribution in [3.8, 4) is 0 Å². The van der Waals surface area contributed by atoms with Gasteiger partial charge in [-0.3, -0.25) is 0 Å². The maximum atomic E-state index is 5.45. The van der Waals surface area contributed by atoms with Crippen molar-refractivity contribution in [3.05, 3.63) is 101 Å². The Balaban J connectivity index is 1.63. The van der Waals surface area contributed by atoms with Gasteiger partial charge in [-0.05, 0) is 63.9 Å². The molecule has 1 N–H and O–H groups in total. The molecule has 0 radical (unpaired) electrons. The Bertz CT molecular complexity index is 1520. The third kappa shape index (κ3) is 4.76. The molecule has 4 aromatic rings. The zero-order valence-electron chi connectivity index (χ0n) is 22.3. The first-order chi connectivity index (χ1) is 18.0. The second-order valence-corrected chi connectivity index (χ2v) is 16.5. The van der Waals surface area contributed by atoms with Gasteiger partial charge in [-0.2, -0.15) is 0 Å². The summed E-state index contributed by atoms with van der Waals surface area (Å²) >= 11 is 0. The van der Waals surface area contributed by atoms with Crippen LogP contribution in [0, 0.1) is 0 Å². The lowest BCUT2D eigenvalue weighted by atomic mass is 10.1. The van der Waals surface area contributed by atoms with Crippen LogP contribution in [0.1, 0.15) is 45.2 Å². The SMILES string of the molecule is CC(C)P1Cc2cccc3cc4cccc(c4nc23)CP(C(C)C)c2ccccc2NC2CC=CC=C21. The van der Waals surface area contributed by atoms with Crippen LogP contribution in [0.15, 0.2) is 90.3 Å². The van der Waals surface area contributed by atoms with Crippen LogP contribution in [-0.4, -0.2) is 22.3 Å². The summed E-state index contributed by atoms with van der Waals surface area (Å²) in [6.45, 7) is 9.60. The van der Waals surface area contributed by atoms with Crippen molar-refractivity contribution < 1.29 is 0 Å². The lowest BCUT2D eigenvalue weighted by Gasteiger charge is -2.34. The van der Waals surface area contributed by atoms with E-state index in [1.807, 2.05) is 0 Å². The van der Waals surface area contributed by atoms with Gasteiger partial charge >= 0.3 is 0 Å². The molecule has 2 nitrogen and oxygen atoms in total. The largest absolute Gasteiger partial charge is 0.377 e. The second-order valence-electron chi connectivity index (χ2n) is 10.9. The first-order valence-electron chi connectivity index (χ1n) is 13.6. The van der Waals surface area contributed by atoms with Crippen LogP contribution >= 0.6 is 15.8 Å². The van der Waals surface area contributed by atoms with Gasteiger partial charge in [-0.1, -0.05) is 116 Å². The van der Waals surface area contributed by atoms with Crippen LogP contribution in [0.4, 0.5) is 5.69 Å². The number of allylic oxidation sites excluding steroid dienone is 2. The van der Waals surface area contributed by atoms with Crippen LogP contribution in [0.5, 0.6) is 0 Å². The predicted octanol–water partition coefficient (Wildman–Crippen LogP) is 9.13. The normalized spacial score (nSPS) is 21.7. The van der Waals surface area contributed by atoms with Gasteiger partial charge in [0.25, 0.3) is 0 Å². The smallest absolute Gasteiger partial charge is 0.0745 e. The summed E-state index contributed by atoms with van der Waals surface area (Å²) in [6, 6.07) is 25.4. The molecule has 0 saturated heterocycles. The van der Waals surface area contributed by atoms with E-state index >= 15 is 0 Å². The lowest BCUT2D eigenvalue weighted by molar-refractivity contribution is 0.862. The minimum atomic E-state index is -0.417. The number of anilines is 1. The third-order valence-corrected chi connectivity index (χ3v) is 13.8. The van der Waals surface area contributed by atoms with E-state index in [1.165, 1.54) is 43.9 Å². The maximum Gasteiger partial charge on any atom is 0.0745 e. The highest BCUT2D eigenvalue weighted by Gasteiger charge is 2.29. The number of fused-ring (bicyclic) bond motifs is 2. The van der Waals surface area contributed by atoms with Crippen molar-refractivity contribution in [2.75, 3.05) is 5.32 Å². The van der Waals surface area contributed by atoms with E-state index in [9.17, 15) is 0 Å². The second kappa shape index (κ2) is 10.3. The molecule has 6 rings (SSSR count). The predicted molar refractivity (Wildman–Crippen MR) is 166 cm³/mol. The Morgan fingerprint density at radius 2 is 1.43 bits per heavy atom. The number of benzene rings is 3. The summed E-state index contributed by atoms with van der Waals surface area (Å²) in [6.07, 6.45) is 10.2. The van der Waals surface area contributed by atoms with Gasteiger partial charge in [0.15, 0.2) is 0 Å². The highest BCUT2D eigenvalue weighted by molar-refractivity contribution is 7.66. The van der Waals surface area contributed by atoms with Gasteiger partial charge < -0.3 is 5.32 Å². The Labute approximate surface area is 223 Å². The van der Waals surface area contributed by atoms with Crippen LogP contribution in [-0.2, 0) is 12.3 Å². The van der Waals surface area contributed by atoms with E-state index in [0.717, 1.165) is 18.7 Å². The number of nitrogens with one attached hydrogen (secondary N) is 1. The molecule has 2 heterocycles. The van der Waals surface area contributed by atoms with Gasteiger partial charge in [0.2, 0.25) is 0 Å². The molecule has 4 heteroatoms. The number of para-hydroxylation sites is 3. The number of nitrogens with zero attached hydrogens (tertiary/aromatic N) is 1. The van der Waals surface area contributed by atoms with Crippen molar-refractivity contribution in [2.45, 2.75) is 63.8 Å². The molecule has 2 aliphatic rings. The topological polar surface area (TPSA) is 24.9 Å². The molecule has 188 valence electrons. The minimum Gasteiger partial charge on any atom is -0.377 e. The Kier molecular flexibility index (Phi) is 6.91. The first kappa shape index (κ1) is 24.8. The molecule has 3 unspecified atom stereocenters. The van der Waals surface area contributed by atoms with Crippen molar-refractivity contribution >= 4 is 48.6 Å². The Morgan fingerprint density at radius 3 is 2.11 bits per heavy atom. The fourth-order valence-electron chi connectivity index (χ4n) is 5.83. The van der Waals surface area contributed by atoms with Gasteiger partial charge in [-0.15, -0.1) is 0 Å². The summed E-state index contributed by atoms with van der Waals surface area (Å²) in [5.41, 5.74) is 7.65. The lowest BCUT2D eigenvalue weighted by Crippen LogP contribution is -2.27. The molecule has 0 amide bonds. The van der Waals surface area contributed by atoms with E-state index in [0.29, 0.717) is 17.4 Å². The van der Waals surface area contributed by atoms with E-state index in [1.54, 1.807) is 5.31 Å². The van der Waals surface area contributed by atoms with E-state index in [4.69, 9.17) is 4.98 Å². The molecule has 1 aromatic heterocycles. The van der Waals surface area contributed by atoms with Gasteiger partial charge in [-0.25, -0.2) is 4.98 Å². The van der Waals surface area contributed by atoms with Crippen molar-refractivity contribution in [1.29, 1.82) is 0 Å². The highest BCUT2D eigenvalue weighted by Crippen LogP contribution is 2.56. The van der Waals surface area contributed by atoms with Crippen molar-refractivity contribution in [2.24, 2.45) is 0 Å². The summed E-state index contributed by atoms with van der Waals surface area (Å²) in [5.74, 6) is 0. The van der Waals surface area contributed by atoms with E-state index in [2.05, 4.69) is 118 Å². The van der Waals surface area contributed by atoms with Gasteiger partial charge in [0.05, 0.1) is 17.1 Å². The van der Waals surface area contributed by atoms with E-state index < -0.39 is 7.92 Å². The van der Waals surface area contributed by atoms with Crippen LogP contribution in [0.3, 0.4) is 0 Å². The zero-order valence-corrected chi connectivity index (χ0v) is 24.1. The molecule has 37 heavy (non-hydrogen) atoms. The number of hydrogen-bond acceptors (Lipinski definition) is 2. The molecule has 0 saturated carbocycles. The van der Waals surface area contributed by atoms with Crippen LogP contribution < -0.4 is 10.6 Å². The number of hydrogen-bond donors (Lipinski definition) is 1. The fourth-order valence-corrected chi connectivity index (χ4v) is 10.9. The number of rotatable bonds is 2. The number of pyridine rings is 1. The van der Waals surface area contributed by atoms with Crippen LogP contribution in [0.2, 0.25) is 0 Å². The zero-order chi connectivity index (χ0) is 25.5. The molecule has 1 aliphatic heterocycles. The van der Waals surface area contributed by atoms with Crippen molar-refractivity contribution in [3.63, 3.8) is 0 Å². The summed E-state index contributed by atoms with van der Waals surface area (Å²) in [4.78, 5) is 5.45. The summed E-state index contributed by atoms with van der Waals surface area (Å²) < 4.78 is 0. The van der Waals surface area contributed by atoms with Gasteiger partial charge in [0.1, 0.15) is 0 Å². The van der Waals surface area contributed by atoms with Crippen molar-refractivity contribution in [1.82, 2.24) is 4.98 Å². The summed E-state index contributed by atoms with van der Waals surface area (Å²) in [7, 11) is -0.793. The third-order valence-electron chi connectivity index (χ3n) is 7.77. The maximum absolute atomic E-state index is 5.45. The average Bonchev–Trinajstić information content (AvgIpc) is 2.89. The van der Waals surface area contributed by atoms with Crippen LogP contribution in [0.25, 0.3) is 21.8 Å². The standard InChI is InChI=1S/C33H36N2P2/c1-22(2)36-20-26-13-9-11-24-19-25-12-10-14-27(33(25)35-32(24)26)21-37(23(3)4)31-18-8-6-16-29(31)34-28-15-5-7-17-30(28)36/h5-15,17-19,22-23,29,34H,16,20-21H2,1-4H3. The number of aromatic nitrogens is 1. The highest BCUT2D eigenvalue weighted by atomic mass is 31.1. The molecule has 0 spiro atoms. The molecule has 3 aromatic carbocycles. The average molecular weight is 523 g/mol. The molecule has 2 bridgehead atoms. The quantitative estimate of drug-likeness (QED) is 0.210. The Morgan fingerprint density at radius 1 is 0.784 bits per heavy atom. The fraction of sp³-hybridized carbons (Fsp3) is 0.303. The molecule has 1 aliphatic carbocycles. The minimum absolute atomic E-state index is 0.341.